The van der Waals surface area contributed by atoms with Crippen LogP contribution < -0.4 is 4.74 Å². The second-order valence-corrected chi connectivity index (χ2v) is 4.30. The molecule has 1 rings (SSSR count). The third kappa shape index (κ3) is 3.74. The number of nitrogens with one attached hydrogen (secondary N) is 1. The molecular weight excluding hydrogens is 246 g/mol. The van der Waals surface area contributed by atoms with Gasteiger partial charge in [0, 0.05) is 7.05 Å². The minimum Gasteiger partial charge on any atom is -0.406 e. The largest absolute Gasteiger partial charge is 0.422 e. The molecule has 1 heterocycles. The lowest BCUT2D eigenvalue weighted by atomic mass is 10.1. The third-order valence-electron chi connectivity index (χ3n) is 2.02. The van der Waals surface area contributed by atoms with Crippen molar-refractivity contribution in [3.05, 3.63) is 11.9 Å². The van der Waals surface area contributed by atoms with E-state index in [1.807, 2.05) is 13.8 Å². The first-order valence-corrected chi connectivity index (χ1v) is 5.47. The number of amides is 2. The third-order valence-corrected chi connectivity index (χ3v) is 2.27. The molecule has 0 radical (unpaired) electrons. The van der Waals surface area contributed by atoms with Crippen molar-refractivity contribution in [2.45, 2.75) is 20.3 Å². The Labute approximate surface area is 104 Å². The molecule has 1 aromatic rings. The van der Waals surface area contributed by atoms with Crippen molar-refractivity contribution in [2.75, 3.05) is 7.05 Å². The van der Waals surface area contributed by atoms with Gasteiger partial charge < -0.3 is 4.74 Å². The summed E-state index contributed by atoms with van der Waals surface area (Å²) in [6.07, 6.45) is 1.30. The molecule has 0 aliphatic heterocycles. The number of hydrogen-bond acceptors (Lipinski definition) is 4. The SMILES string of the molecule is CC(C)Cc1n[nH]cc1OC(=O)N(C)C(=O)Cl. The topological polar surface area (TPSA) is 75.3 Å². The molecule has 1 aromatic heterocycles. The summed E-state index contributed by atoms with van der Waals surface area (Å²) in [4.78, 5) is 22.9. The summed E-state index contributed by atoms with van der Waals surface area (Å²) in [7, 11) is 1.24. The first-order chi connectivity index (χ1) is 7.91. The monoisotopic (exact) mass is 259 g/mol. The number of nitrogens with zero attached hydrogens (tertiary/aromatic N) is 2. The quantitative estimate of drug-likeness (QED) is 0.668. The van der Waals surface area contributed by atoms with E-state index >= 15 is 0 Å². The van der Waals surface area contributed by atoms with E-state index in [-0.39, 0.29) is 0 Å². The molecule has 7 heteroatoms. The first-order valence-electron chi connectivity index (χ1n) is 5.09. The molecule has 0 atom stereocenters. The number of carbonyl (C=O) groups is 2. The molecule has 0 aromatic carbocycles. The van der Waals surface area contributed by atoms with E-state index in [1.165, 1.54) is 13.2 Å². The highest BCUT2D eigenvalue weighted by Gasteiger charge is 2.19. The van der Waals surface area contributed by atoms with Crippen LogP contribution in [0.5, 0.6) is 5.75 Å². The maximum absolute atomic E-state index is 11.4. The predicted molar refractivity (Wildman–Crippen MR) is 62.2 cm³/mol. The molecule has 2 amide bonds. The average Bonchev–Trinajstić information content (AvgIpc) is 2.63. The van der Waals surface area contributed by atoms with Gasteiger partial charge in [-0.1, -0.05) is 13.8 Å². The summed E-state index contributed by atoms with van der Waals surface area (Å²) in [5, 5.41) is 5.69. The van der Waals surface area contributed by atoms with Crippen LogP contribution in [0, 0.1) is 5.92 Å². The van der Waals surface area contributed by atoms with Crippen LogP contribution in [0.15, 0.2) is 6.20 Å². The predicted octanol–water partition coefficient (Wildman–Crippen LogP) is 2.40. The van der Waals surface area contributed by atoms with E-state index < -0.39 is 11.5 Å². The molecule has 0 aliphatic rings. The van der Waals surface area contributed by atoms with Crippen LogP contribution in [0.2, 0.25) is 0 Å². The van der Waals surface area contributed by atoms with Crippen LogP contribution in [0.25, 0.3) is 0 Å². The summed E-state index contributed by atoms with van der Waals surface area (Å²) in [5.41, 5.74) is 0.642. The standard InChI is InChI=1S/C10H14ClN3O3/c1-6(2)4-7-8(5-12-13-7)17-10(16)14(3)9(11)15/h5-6H,4H2,1-3H3,(H,12,13). The second kappa shape index (κ2) is 5.67. The molecule has 0 fully saturated rings. The fraction of sp³-hybridized carbons (Fsp3) is 0.500. The molecule has 0 aliphatic carbocycles. The molecular formula is C10H14ClN3O3. The van der Waals surface area contributed by atoms with Crippen LogP contribution >= 0.6 is 11.6 Å². The fourth-order valence-electron chi connectivity index (χ4n) is 1.16. The van der Waals surface area contributed by atoms with E-state index in [1.54, 1.807) is 0 Å². The Morgan fingerprint density at radius 2 is 2.24 bits per heavy atom. The maximum Gasteiger partial charge on any atom is 0.422 e. The number of aromatic nitrogens is 2. The van der Waals surface area contributed by atoms with Crippen molar-refractivity contribution in [3.8, 4) is 5.75 Å². The smallest absolute Gasteiger partial charge is 0.406 e. The van der Waals surface area contributed by atoms with Crippen molar-refractivity contribution < 1.29 is 14.3 Å². The van der Waals surface area contributed by atoms with Crippen LogP contribution in [0.4, 0.5) is 9.59 Å². The molecule has 0 bridgehead atoms. The normalized spacial score (nSPS) is 10.4. The highest BCUT2D eigenvalue weighted by Crippen LogP contribution is 2.19. The number of ether oxygens (including phenoxy) is 1. The van der Waals surface area contributed by atoms with E-state index in [4.69, 9.17) is 16.3 Å². The highest BCUT2D eigenvalue weighted by atomic mass is 35.5. The number of aromatic amines is 1. The molecule has 6 nitrogen and oxygen atoms in total. The number of imide groups is 1. The number of halogens is 1. The van der Waals surface area contributed by atoms with Gasteiger partial charge in [-0.25, -0.2) is 9.69 Å². The van der Waals surface area contributed by atoms with Gasteiger partial charge in [0.25, 0.3) is 0 Å². The van der Waals surface area contributed by atoms with E-state index in [0.717, 1.165) is 0 Å². The zero-order valence-corrected chi connectivity index (χ0v) is 10.6. The van der Waals surface area contributed by atoms with Gasteiger partial charge in [-0.15, -0.1) is 0 Å². The summed E-state index contributed by atoms with van der Waals surface area (Å²) < 4.78 is 5.00. The first kappa shape index (κ1) is 13.5. The average molecular weight is 260 g/mol. The zero-order chi connectivity index (χ0) is 13.0. The molecule has 0 spiro atoms. The van der Waals surface area contributed by atoms with E-state index in [9.17, 15) is 9.59 Å². The molecule has 17 heavy (non-hydrogen) atoms. The van der Waals surface area contributed by atoms with Gasteiger partial charge >= 0.3 is 11.5 Å². The van der Waals surface area contributed by atoms with Crippen molar-refractivity contribution >= 4 is 23.1 Å². The van der Waals surface area contributed by atoms with Crippen LogP contribution in [-0.4, -0.2) is 33.6 Å². The van der Waals surface area contributed by atoms with Gasteiger partial charge in [0.05, 0.1) is 6.20 Å². The lowest BCUT2D eigenvalue weighted by molar-refractivity contribution is 0.169. The summed E-state index contributed by atoms with van der Waals surface area (Å²) >= 11 is 5.15. The number of H-pyrrole nitrogens is 1. The highest BCUT2D eigenvalue weighted by molar-refractivity contribution is 6.63. The molecule has 0 saturated heterocycles. The van der Waals surface area contributed by atoms with Crippen LogP contribution in [0.3, 0.4) is 0 Å². The lowest BCUT2D eigenvalue weighted by Crippen LogP contribution is -2.31. The van der Waals surface area contributed by atoms with Gasteiger partial charge in [0.1, 0.15) is 5.69 Å². The van der Waals surface area contributed by atoms with Gasteiger partial charge in [0.2, 0.25) is 0 Å². The Kier molecular flexibility index (Phi) is 4.51. The minimum absolute atomic E-state index is 0.313. The van der Waals surface area contributed by atoms with Gasteiger partial charge in [0.15, 0.2) is 5.75 Å². The van der Waals surface area contributed by atoms with Crippen molar-refractivity contribution in [2.24, 2.45) is 5.92 Å². The molecule has 94 valence electrons. The van der Waals surface area contributed by atoms with Gasteiger partial charge in [-0.2, -0.15) is 5.10 Å². The lowest BCUT2D eigenvalue weighted by Gasteiger charge is -2.11. The zero-order valence-electron chi connectivity index (χ0n) is 9.86. The Morgan fingerprint density at radius 3 is 2.76 bits per heavy atom. The number of rotatable bonds is 3. The number of carbonyl (C=O) groups excluding carboxylic acids is 2. The Balaban J connectivity index is 2.72. The van der Waals surface area contributed by atoms with Crippen molar-refractivity contribution in [1.29, 1.82) is 0 Å². The minimum atomic E-state index is -0.899. The van der Waals surface area contributed by atoms with E-state index in [2.05, 4.69) is 10.2 Å². The van der Waals surface area contributed by atoms with Crippen molar-refractivity contribution in [1.82, 2.24) is 15.1 Å². The second-order valence-electron chi connectivity index (χ2n) is 3.97. The Bertz CT molecular complexity index is 417. The summed E-state index contributed by atoms with van der Waals surface area (Å²) in [5.74, 6) is 0.691. The van der Waals surface area contributed by atoms with Crippen LogP contribution in [0.1, 0.15) is 19.5 Å². The summed E-state index contributed by atoms with van der Waals surface area (Å²) in [6, 6.07) is 0. The maximum atomic E-state index is 11.4. The molecule has 0 saturated carbocycles. The summed E-state index contributed by atoms with van der Waals surface area (Å²) in [6.45, 7) is 4.05. The number of hydrogen-bond donors (Lipinski definition) is 1. The van der Waals surface area contributed by atoms with Crippen LogP contribution in [-0.2, 0) is 6.42 Å². The molecule has 0 unspecified atom stereocenters. The van der Waals surface area contributed by atoms with E-state index in [0.29, 0.717) is 28.7 Å². The van der Waals surface area contributed by atoms with Gasteiger partial charge in [-0.05, 0) is 23.9 Å². The molecule has 1 N–H and O–H groups in total. The van der Waals surface area contributed by atoms with Gasteiger partial charge in [-0.3, -0.25) is 9.89 Å². The Hall–Kier alpha value is -1.56. The fourth-order valence-corrected chi connectivity index (χ4v) is 1.23. The Morgan fingerprint density at radius 1 is 1.59 bits per heavy atom. The van der Waals surface area contributed by atoms with Crippen molar-refractivity contribution in [3.63, 3.8) is 0 Å².